The van der Waals surface area contributed by atoms with Gasteiger partial charge in [-0.15, -0.1) is 0 Å². The minimum atomic E-state index is -2.54. The third kappa shape index (κ3) is 12.5. The Kier molecular flexibility index (Phi) is 8.62. The van der Waals surface area contributed by atoms with E-state index in [0.29, 0.717) is 19.4 Å². The van der Waals surface area contributed by atoms with Crippen LogP contribution in [0.25, 0.3) is 0 Å². The molecule has 0 rings (SSSR count). The molecule has 0 radical (unpaired) electrons. The van der Waals surface area contributed by atoms with Crippen LogP contribution < -0.4 is 0 Å². The first-order valence-corrected chi connectivity index (χ1v) is 7.82. The molecule has 5 heteroatoms. The van der Waals surface area contributed by atoms with Crippen molar-refractivity contribution in [3.63, 3.8) is 0 Å². The Hall–Kier alpha value is -0.320. The summed E-state index contributed by atoms with van der Waals surface area (Å²) < 4.78 is 30.2. The monoisotopic (exact) mass is 296 g/mol. The molecule has 0 spiro atoms. The molecule has 0 N–H and O–H groups in total. The van der Waals surface area contributed by atoms with Crippen molar-refractivity contribution in [3.8, 4) is 0 Å². The predicted molar refractivity (Wildman–Crippen MR) is 76.9 cm³/mol. The lowest BCUT2D eigenvalue weighted by Crippen LogP contribution is -2.25. The number of ether oxygens (including phenoxy) is 1. The van der Waals surface area contributed by atoms with Crippen LogP contribution in [0, 0.1) is 0 Å². The molecule has 0 fully saturated rings. The molecule has 0 saturated heterocycles. The van der Waals surface area contributed by atoms with Gasteiger partial charge < -0.3 is 4.74 Å². The number of rotatable bonds is 10. The van der Waals surface area contributed by atoms with Crippen LogP contribution in [-0.4, -0.2) is 29.0 Å². The van der Waals surface area contributed by atoms with Gasteiger partial charge in [-0.2, -0.15) is 11.8 Å². The summed E-state index contributed by atoms with van der Waals surface area (Å²) >= 11 is 1.72. The van der Waals surface area contributed by atoms with Crippen LogP contribution in [-0.2, 0) is 9.53 Å². The SMILES string of the molecule is CCC(=O)OCC(C)(C)SCCCCCC(C)(F)F. The molecule has 0 bridgehead atoms. The van der Waals surface area contributed by atoms with E-state index in [4.69, 9.17) is 4.74 Å². The van der Waals surface area contributed by atoms with Gasteiger partial charge in [-0.25, -0.2) is 8.78 Å². The fourth-order valence-electron chi connectivity index (χ4n) is 1.46. The summed E-state index contributed by atoms with van der Waals surface area (Å²) in [5.41, 5.74) is 0. The summed E-state index contributed by atoms with van der Waals surface area (Å²) in [5.74, 6) is -1.81. The summed E-state index contributed by atoms with van der Waals surface area (Å²) in [5, 5.41) is 0. The first-order chi connectivity index (χ1) is 8.66. The summed E-state index contributed by atoms with van der Waals surface area (Å²) in [6, 6.07) is 0. The van der Waals surface area contributed by atoms with Gasteiger partial charge in [0, 0.05) is 17.6 Å². The van der Waals surface area contributed by atoms with E-state index in [2.05, 4.69) is 0 Å². The molecule has 0 aliphatic rings. The van der Waals surface area contributed by atoms with Crippen LogP contribution in [0.15, 0.2) is 0 Å². The average molecular weight is 296 g/mol. The number of alkyl halides is 2. The molecule has 0 aliphatic carbocycles. The first-order valence-electron chi connectivity index (χ1n) is 6.84. The van der Waals surface area contributed by atoms with Gasteiger partial charge in [0.15, 0.2) is 0 Å². The fourth-order valence-corrected chi connectivity index (χ4v) is 2.50. The number of thioether (sulfide) groups is 1. The molecule has 0 unspecified atom stereocenters. The second-order valence-corrected chi connectivity index (χ2v) is 7.31. The van der Waals surface area contributed by atoms with E-state index in [1.54, 1.807) is 18.7 Å². The summed E-state index contributed by atoms with van der Waals surface area (Å²) in [6.45, 7) is 7.19. The van der Waals surface area contributed by atoms with Crippen molar-refractivity contribution in [3.05, 3.63) is 0 Å². The lowest BCUT2D eigenvalue weighted by atomic mass is 10.1. The summed E-state index contributed by atoms with van der Waals surface area (Å²) in [4.78, 5) is 11.1. The molecule has 0 saturated carbocycles. The minimum absolute atomic E-state index is 0.0326. The van der Waals surface area contributed by atoms with Crippen LogP contribution in [0.5, 0.6) is 0 Å². The zero-order valence-corrected chi connectivity index (χ0v) is 13.2. The van der Waals surface area contributed by atoms with Crippen molar-refractivity contribution in [2.45, 2.75) is 70.5 Å². The van der Waals surface area contributed by atoms with Crippen LogP contribution in [0.1, 0.15) is 59.8 Å². The maximum atomic E-state index is 12.6. The third-order valence-corrected chi connectivity index (χ3v) is 4.01. The molecule has 0 aliphatic heterocycles. The van der Waals surface area contributed by atoms with Crippen LogP contribution in [0.2, 0.25) is 0 Å². The number of carbonyl (C=O) groups excluding carboxylic acids is 1. The number of hydrogen-bond acceptors (Lipinski definition) is 3. The van der Waals surface area contributed by atoms with E-state index in [0.717, 1.165) is 25.5 Å². The van der Waals surface area contributed by atoms with Gasteiger partial charge in [0.1, 0.15) is 6.61 Å². The van der Waals surface area contributed by atoms with E-state index in [9.17, 15) is 13.6 Å². The van der Waals surface area contributed by atoms with E-state index < -0.39 is 5.92 Å². The zero-order valence-electron chi connectivity index (χ0n) is 12.4. The van der Waals surface area contributed by atoms with Gasteiger partial charge >= 0.3 is 5.97 Å². The molecule has 0 heterocycles. The fraction of sp³-hybridized carbons (Fsp3) is 0.929. The number of esters is 1. The molecule has 0 aromatic rings. The Labute approximate surface area is 119 Å². The predicted octanol–water partition coefficient (Wildman–Crippen LogP) is 4.67. The quantitative estimate of drug-likeness (QED) is 0.433. The Morgan fingerprint density at radius 1 is 1.16 bits per heavy atom. The number of unbranched alkanes of at least 4 members (excludes halogenated alkanes) is 2. The van der Waals surface area contributed by atoms with Gasteiger partial charge in [0.25, 0.3) is 0 Å². The van der Waals surface area contributed by atoms with Crippen LogP contribution in [0.3, 0.4) is 0 Å². The standard InChI is InChI=1S/C14H26F2O2S/c1-5-12(17)18-11-13(2,3)19-10-8-6-7-9-14(4,15)16/h5-11H2,1-4H3. The highest BCUT2D eigenvalue weighted by Crippen LogP contribution is 2.27. The van der Waals surface area contributed by atoms with Crippen LogP contribution >= 0.6 is 11.8 Å². The van der Waals surface area contributed by atoms with Crippen molar-refractivity contribution < 1.29 is 18.3 Å². The van der Waals surface area contributed by atoms with Crippen LogP contribution in [0.4, 0.5) is 8.78 Å². The highest BCUT2D eigenvalue weighted by molar-refractivity contribution is 8.00. The largest absolute Gasteiger partial charge is 0.464 e. The molecule has 0 amide bonds. The van der Waals surface area contributed by atoms with Gasteiger partial charge in [0.05, 0.1) is 0 Å². The average Bonchev–Trinajstić information content (AvgIpc) is 2.29. The van der Waals surface area contributed by atoms with E-state index >= 15 is 0 Å². The topological polar surface area (TPSA) is 26.3 Å². The van der Waals surface area contributed by atoms with E-state index in [1.165, 1.54) is 0 Å². The number of hydrogen-bond donors (Lipinski definition) is 0. The zero-order chi connectivity index (χ0) is 14.9. The molecule has 0 atom stereocenters. The van der Waals surface area contributed by atoms with Gasteiger partial charge in [-0.1, -0.05) is 13.3 Å². The Morgan fingerprint density at radius 2 is 1.79 bits per heavy atom. The molecule has 19 heavy (non-hydrogen) atoms. The highest BCUT2D eigenvalue weighted by atomic mass is 32.2. The highest BCUT2D eigenvalue weighted by Gasteiger charge is 2.21. The molecule has 0 aromatic heterocycles. The second-order valence-electron chi connectivity index (χ2n) is 5.50. The van der Waals surface area contributed by atoms with Crippen molar-refractivity contribution in [2.24, 2.45) is 0 Å². The third-order valence-electron chi connectivity index (χ3n) is 2.62. The van der Waals surface area contributed by atoms with Crippen molar-refractivity contribution in [1.82, 2.24) is 0 Å². The van der Waals surface area contributed by atoms with Crippen molar-refractivity contribution >= 4 is 17.7 Å². The van der Waals surface area contributed by atoms with Crippen molar-refractivity contribution in [1.29, 1.82) is 0 Å². The molecular formula is C14H26F2O2S. The lowest BCUT2D eigenvalue weighted by Gasteiger charge is -2.23. The lowest BCUT2D eigenvalue weighted by molar-refractivity contribution is -0.143. The first kappa shape index (κ1) is 18.7. The smallest absolute Gasteiger partial charge is 0.305 e. The minimum Gasteiger partial charge on any atom is -0.464 e. The molecular weight excluding hydrogens is 270 g/mol. The summed E-state index contributed by atoms with van der Waals surface area (Å²) in [7, 11) is 0. The summed E-state index contributed by atoms with van der Waals surface area (Å²) in [6.07, 6.45) is 2.67. The molecule has 114 valence electrons. The maximum Gasteiger partial charge on any atom is 0.305 e. The van der Waals surface area contributed by atoms with E-state index in [-0.39, 0.29) is 17.1 Å². The van der Waals surface area contributed by atoms with Gasteiger partial charge in [-0.3, -0.25) is 4.79 Å². The number of carbonyl (C=O) groups is 1. The molecule has 2 nitrogen and oxygen atoms in total. The normalized spacial score (nSPS) is 12.5. The Bertz CT molecular complexity index is 263. The second kappa shape index (κ2) is 8.77. The Balaban J connectivity index is 3.61. The Morgan fingerprint density at radius 3 is 2.32 bits per heavy atom. The van der Waals surface area contributed by atoms with Gasteiger partial charge in [-0.05, 0) is 39.4 Å². The molecule has 0 aromatic carbocycles. The van der Waals surface area contributed by atoms with Crippen molar-refractivity contribution in [2.75, 3.05) is 12.4 Å². The number of halogens is 2. The van der Waals surface area contributed by atoms with Gasteiger partial charge in [0.2, 0.25) is 5.92 Å². The maximum absolute atomic E-state index is 12.6. The van der Waals surface area contributed by atoms with E-state index in [1.807, 2.05) is 13.8 Å².